The molecule has 90 valence electrons. The van der Waals surface area contributed by atoms with Crippen LogP contribution in [0.25, 0.3) is 0 Å². The zero-order chi connectivity index (χ0) is 13.0. The van der Waals surface area contributed by atoms with Crippen molar-refractivity contribution in [3.8, 4) is 6.07 Å². The molecule has 0 radical (unpaired) electrons. The van der Waals surface area contributed by atoms with Crippen LogP contribution in [0.2, 0.25) is 0 Å². The molecular formula is C11H9N5O2. The van der Waals surface area contributed by atoms with Crippen molar-refractivity contribution in [3.05, 3.63) is 51.8 Å². The second-order valence-electron chi connectivity index (χ2n) is 3.54. The summed E-state index contributed by atoms with van der Waals surface area (Å²) in [6, 6.07) is 7.95. The van der Waals surface area contributed by atoms with Gasteiger partial charge < -0.3 is 5.32 Å². The summed E-state index contributed by atoms with van der Waals surface area (Å²) in [5, 5.41) is 29.1. The van der Waals surface area contributed by atoms with Gasteiger partial charge in [-0.25, -0.2) is 0 Å². The zero-order valence-electron chi connectivity index (χ0n) is 9.25. The summed E-state index contributed by atoms with van der Waals surface area (Å²) in [5.74, 6) is 0. The average Bonchev–Trinajstić information content (AvgIpc) is 2.88. The lowest BCUT2D eigenvalue weighted by Gasteiger charge is -2.05. The Morgan fingerprint density at radius 1 is 1.50 bits per heavy atom. The summed E-state index contributed by atoms with van der Waals surface area (Å²) in [5.41, 5.74) is 1.37. The normalized spacial score (nSPS) is 9.72. The van der Waals surface area contributed by atoms with Crippen molar-refractivity contribution in [1.29, 1.82) is 5.26 Å². The van der Waals surface area contributed by atoms with Crippen LogP contribution in [-0.2, 0) is 6.54 Å². The van der Waals surface area contributed by atoms with Gasteiger partial charge in [0.1, 0.15) is 11.6 Å². The fourth-order valence-electron chi connectivity index (χ4n) is 1.48. The summed E-state index contributed by atoms with van der Waals surface area (Å²) >= 11 is 0. The van der Waals surface area contributed by atoms with Crippen molar-refractivity contribution in [2.45, 2.75) is 6.54 Å². The van der Waals surface area contributed by atoms with Crippen LogP contribution in [0.3, 0.4) is 0 Å². The van der Waals surface area contributed by atoms with Crippen LogP contribution in [-0.4, -0.2) is 15.1 Å². The fraction of sp³-hybridized carbons (Fsp3) is 0.0909. The molecule has 1 aromatic carbocycles. The molecule has 0 aliphatic rings. The van der Waals surface area contributed by atoms with Gasteiger partial charge in [0.25, 0.3) is 5.69 Å². The van der Waals surface area contributed by atoms with Crippen LogP contribution in [0, 0.1) is 21.4 Å². The summed E-state index contributed by atoms with van der Waals surface area (Å²) in [7, 11) is 0. The predicted molar refractivity (Wildman–Crippen MR) is 63.7 cm³/mol. The van der Waals surface area contributed by atoms with Crippen LogP contribution in [0.1, 0.15) is 11.3 Å². The van der Waals surface area contributed by atoms with Crippen molar-refractivity contribution in [3.63, 3.8) is 0 Å². The lowest BCUT2D eigenvalue weighted by atomic mass is 10.1. The number of nitro groups is 1. The average molecular weight is 243 g/mol. The zero-order valence-corrected chi connectivity index (χ0v) is 9.25. The van der Waals surface area contributed by atoms with Gasteiger partial charge in [0.2, 0.25) is 0 Å². The molecule has 0 saturated heterocycles. The smallest absolute Gasteiger partial charge is 0.287 e. The number of rotatable bonds is 4. The molecule has 0 bridgehead atoms. The molecule has 0 fully saturated rings. The lowest BCUT2D eigenvalue weighted by molar-refractivity contribution is -0.385. The molecule has 0 unspecified atom stereocenters. The van der Waals surface area contributed by atoms with Gasteiger partial charge in [-0.05, 0) is 18.2 Å². The number of hydrogen-bond donors (Lipinski definition) is 2. The van der Waals surface area contributed by atoms with Gasteiger partial charge >= 0.3 is 0 Å². The van der Waals surface area contributed by atoms with Gasteiger partial charge in [0.15, 0.2) is 0 Å². The molecule has 7 heteroatoms. The second-order valence-corrected chi connectivity index (χ2v) is 3.54. The number of hydrogen-bond acceptors (Lipinski definition) is 5. The number of aromatic nitrogens is 2. The molecule has 0 saturated carbocycles. The number of nitro benzene ring substituents is 1. The minimum atomic E-state index is -0.572. The van der Waals surface area contributed by atoms with Crippen LogP contribution in [0.4, 0.5) is 11.4 Å². The van der Waals surface area contributed by atoms with E-state index in [9.17, 15) is 10.1 Å². The number of nitrogens with zero attached hydrogens (tertiary/aromatic N) is 3. The molecule has 2 aromatic rings. The quantitative estimate of drug-likeness (QED) is 0.628. The molecule has 1 heterocycles. The third kappa shape index (κ3) is 2.44. The lowest BCUT2D eigenvalue weighted by Crippen LogP contribution is -2.01. The third-order valence-corrected chi connectivity index (χ3v) is 2.36. The highest BCUT2D eigenvalue weighted by molar-refractivity contribution is 5.58. The van der Waals surface area contributed by atoms with Crippen molar-refractivity contribution in [1.82, 2.24) is 10.2 Å². The Labute approximate surface area is 102 Å². The van der Waals surface area contributed by atoms with Gasteiger partial charge in [0, 0.05) is 18.0 Å². The fourth-order valence-corrected chi connectivity index (χ4v) is 1.48. The number of H-pyrrole nitrogens is 1. The van der Waals surface area contributed by atoms with Crippen molar-refractivity contribution < 1.29 is 4.92 Å². The second kappa shape index (κ2) is 4.97. The molecule has 0 aliphatic carbocycles. The number of anilines is 1. The summed E-state index contributed by atoms with van der Waals surface area (Å²) in [6.07, 6.45) is 1.63. The molecule has 2 rings (SSSR count). The topological polar surface area (TPSA) is 108 Å². The molecule has 0 aliphatic heterocycles. The minimum Gasteiger partial charge on any atom is -0.379 e. The van der Waals surface area contributed by atoms with Crippen molar-refractivity contribution >= 4 is 11.4 Å². The van der Waals surface area contributed by atoms with E-state index in [0.717, 1.165) is 5.69 Å². The summed E-state index contributed by atoms with van der Waals surface area (Å²) < 4.78 is 0. The number of benzene rings is 1. The van der Waals surface area contributed by atoms with Gasteiger partial charge in [-0.2, -0.15) is 10.4 Å². The predicted octanol–water partition coefficient (Wildman–Crippen LogP) is 1.80. The van der Waals surface area contributed by atoms with Crippen molar-refractivity contribution in [2.75, 3.05) is 5.32 Å². The highest BCUT2D eigenvalue weighted by Crippen LogP contribution is 2.21. The van der Waals surface area contributed by atoms with E-state index < -0.39 is 4.92 Å². The Morgan fingerprint density at radius 2 is 2.33 bits per heavy atom. The largest absolute Gasteiger partial charge is 0.379 e. The molecular weight excluding hydrogens is 234 g/mol. The van der Waals surface area contributed by atoms with Gasteiger partial charge in [0.05, 0.1) is 17.2 Å². The minimum absolute atomic E-state index is 0.0367. The standard InChI is InChI=1S/C11H9N5O2/c12-6-8-5-9(1-2-11(8)16(17)18)13-7-10-3-4-14-15-10/h1-5,13H,7H2,(H,14,15). The molecule has 0 amide bonds. The van der Waals surface area contributed by atoms with E-state index in [2.05, 4.69) is 15.5 Å². The first-order valence-corrected chi connectivity index (χ1v) is 5.11. The maximum absolute atomic E-state index is 10.7. The number of nitriles is 1. The van der Waals surface area contributed by atoms with Gasteiger partial charge in [-0.3, -0.25) is 15.2 Å². The number of aromatic amines is 1. The maximum Gasteiger partial charge on any atom is 0.287 e. The van der Waals surface area contributed by atoms with E-state index in [0.29, 0.717) is 12.2 Å². The summed E-state index contributed by atoms with van der Waals surface area (Å²) in [6.45, 7) is 0.503. The molecule has 0 spiro atoms. The first-order valence-electron chi connectivity index (χ1n) is 5.11. The van der Waals surface area contributed by atoms with E-state index in [1.807, 2.05) is 12.1 Å². The Bertz CT molecular complexity index is 600. The monoisotopic (exact) mass is 243 g/mol. The molecule has 18 heavy (non-hydrogen) atoms. The highest BCUT2D eigenvalue weighted by atomic mass is 16.6. The van der Waals surface area contributed by atoms with E-state index in [-0.39, 0.29) is 11.3 Å². The van der Waals surface area contributed by atoms with E-state index in [1.54, 1.807) is 12.3 Å². The van der Waals surface area contributed by atoms with Gasteiger partial charge in [-0.15, -0.1) is 0 Å². The van der Waals surface area contributed by atoms with Gasteiger partial charge in [-0.1, -0.05) is 0 Å². The SMILES string of the molecule is N#Cc1cc(NCc2ccn[nH]2)ccc1[N+](=O)[O-]. The van der Waals surface area contributed by atoms with Crippen molar-refractivity contribution in [2.24, 2.45) is 0 Å². The Morgan fingerprint density at radius 3 is 2.94 bits per heavy atom. The Kier molecular flexibility index (Phi) is 3.20. The van der Waals surface area contributed by atoms with Crippen LogP contribution in [0.5, 0.6) is 0 Å². The molecule has 7 nitrogen and oxygen atoms in total. The molecule has 2 N–H and O–H groups in total. The first kappa shape index (κ1) is 11.6. The van der Waals surface area contributed by atoms with Crippen LogP contribution < -0.4 is 5.32 Å². The highest BCUT2D eigenvalue weighted by Gasteiger charge is 2.13. The maximum atomic E-state index is 10.7. The van der Waals surface area contributed by atoms with Crippen LogP contribution in [0.15, 0.2) is 30.5 Å². The Balaban J connectivity index is 2.15. The van der Waals surface area contributed by atoms with E-state index in [4.69, 9.17) is 5.26 Å². The van der Waals surface area contributed by atoms with E-state index >= 15 is 0 Å². The third-order valence-electron chi connectivity index (χ3n) is 2.36. The summed E-state index contributed by atoms with van der Waals surface area (Å²) in [4.78, 5) is 10.1. The Hall–Kier alpha value is -2.88. The number of nitrogens with one attached hydrogen (secondary N) is 2. The first-order chi connectivity index (χ1) is 8.70. The van der Waals surface area contributed by atoms with E-state index in [1.165, 1.54) is 12.1 Å². The molecule has 1 aromatic heterocycles. The van der Waals surface area contributed by atoms with Crippen LogP contribution >= 0.6 is 0 Å². The molecule has 0 atom stereocenters.